The molecule has 0 saturated carbocycles. The lowest BCUT2D eigenvalue weighted by Crippen LogP contribution is -2.41. The number of aliphatic hydroxyl groups is 1. The molecule has 0 spiro atoms. The Labute approximate surface area is 97.2 Å². The number of nitrogens with zero attached hydrogens (tertiary/aromatic N) is 1. The Bertz CT molecular complexity index is 423. The minimum absolute atomic E-state index is 0.116. The smallest absolute Gasteiger partial charge is 0.362 e. The van der Waals surface area contributed by atoms with E-state index in [1.54, 1.807) is 24.3 Å². The third-order valence-corrected chi connectivity index (χ3v) is 1.99. The fraction of sp³-hybridized carbons (Fsp3) is 0.273. The number of aliphatic imine (C=N–C) groups is 1. The van der Waals surface area contributed by atoms with Crippen molar-refractivity contribution in [2.45, 2.75) is 12.3 Å². The summed E-state index contributed by atoms with van der Waals surface area (Å²) in [7, 11) is 0. The number of hydrogen-bond acceptors (Lipinski definition) is 5. The van der Waals surface area contributed by atoms with Crippen LogP contribution >= 0.6 is 0 Å². The Balaban J connectivity index is 2.54. The molecule has 0 heterocycles. The zero-order valence-electron chi connectivity index (χ0n) is 8.87. The van der Waals surface area contributed by atoms with Gasteiger partial charge in [-0.2, -0.15) is 4.99 Å². The lowest BCUT2D eigenvalue weighted by atomic mass is 10.2. The summed E-state index contributed by atoms with van der Waals surface area (Å²) < 4.78 is 5.00. The van der Waals surface area contributed by atoms with E-state index < -0.39 is 18.3 Å². The van der Waals surface area contributed by atoms with Crippen LogP contribution in [0, 0.1) is 0 Å². The number of carbonyl (C=O) groups is 1. The minimum Gasteiger partial charge on any atom is -0.478 e. The van der Waals surface area contributed by atoms with Crippen molar-refractivity contribution >= 4 is 12.0 Å². The zero-order valence-corrected chi connectivity index (χ0v) is 8.87. The highest BCUT2D eigenvalue weighted by Gasteiger charge is 2.36. The van der Waals surface area contributed by atoms with E-state index in [9.17, 15) is 14.7 Å². The third-order valence-electron chi connectivity index (χ3n) is 1.99. The highest BCUT2D eigenvalue weighted by Crippen LogP contribution is 2.09. The van der Waals surface area contributed by atoms with Crippen molar-refractivity contribution in [2.24, 2.45) is 4.99 Å². The van der Waals surface area contributed by atoms with Gasteiger partial charge in [0, 0.05) is 0 Å². The number of isocyanates is 1. The predicted octanol–water partition coefficient (Wildman–Crippen LogP) is 0.312. The SMILES string of the molecule is O=C=N[C@@](O)(COCc1ccccc1)C(=O)O. The highest BCUT2D eigenvalue weighted by molar-refractivity contribution is 5.78. The summed E-state index contributed by atoms with van der Waals surface area (Å²) in [4.78, 5) is 23.5. The van der Waals surface area contributed by atoms with Gasteiger partial charge in [0.1, 0.15) is 6.61 Å². The molecule has 0 aliphatic heterocycles. The molecule has 0 fully saturated rings. The topological polar surface area (TPSA) is 96.2 Å². The van der Waals surface area contributed by atoms with Crippen molar-refractivity contribution in [3.63, 3.8) is 0 Å². The average molecular weight is 237 g/mol. The number of carbonyl (C=O) groups excluding carboxylic acids is 1. The molecule has 6 heteroatoms. The molecule has 0 unspecified atom stereocenters. The van der Waals surface area contributed by atoms with Gasteiger partial charge in [-0.25, -0.2) is 9.59 Å². The van der Waals surface area contributed by atoms with Gasteiger partial charge in [-0.3, -0.25) is 0 Å². The molecule has 90 valence electrons. The Morgan fingerprint density at radius 3 is 2.59 bits per heavy atom. The molecule has 17 heavy (non-hydrogen) atoms. The van der Waals surface area contributed by atoms with Gasteiger partial charge in [0.25, 0.3) is 5.72 Å². The first kappa shape index (κ1) is 13.1. The maximum atomic E-state index is 10.7. The first-order valence-corrected chi connectivity index (χ1v) is 4.75. The maximum absolute atomic E-state index is 10.7. The molecule has 0 aliphatic carbocycles. The Hall–Kier alpha value is -2.01. The first-order valence-electron chi connectivity index (χ1n) is 4.75. The molecule has 6 nitrogen and oxygen atoms in total. The highest BCUT2D eigenvalue weighted by atomic mass is 16.5. The number of ether oxygens (including phenoxy) is 1. The zero-order chi connectivity index (χ0) is 12.7. The summed E-state index contributed by atoms with van der Waals surface area (Å²) in [6, 6.07) is 8.98. The van der Waals surface area contributed by atoms with E-state index >= 15 is 0 Å². The van der Waals surface area contributed by atoms with Crippen LogP contribution in [-0.2, 0) is 20.9 Å². The van der Waals surface area contributed by atoms with Crippen molar-refractivity contribution in [1.82, 2.24) is 0 Å². The molecule has 0 aromatic heterocycles. The molecule has 0 aliphatic rings. The number of benzene rings is 1. The summed E-state index contributed by atoms with van der Waals surface area (Å²) in [5.41, 5.74) is -1.76. The van der Waals surface area contributed by atoms with E-state index in [-0.39, 0.29) is 6.61 Å². The van der Waals surface area contributed by atoms with Crippen LogP contribution < -0.4 is 0 Å². The molecule has 2 N–H and O–H groups in total. The molecule has 0 saturated heterocycles. The predicted molar refractivity (Wildman–Crippen MR) is 56.8 cm³/mol. The summed E-state index contributed by atoms with van der Waals surface area (Å²) in [6.45, 7) is -0.503. The van der Waals surface area contributed by atoms with Crippen molar-refractivity contribution in [1.29, 1.82) is 0 Å². The second kappa shape index (κ2) is 5.91. The van der Waals surface area contributed by atoms with Gasteiger partial charge < -0.3 is 14.9 Å². The van der Waals surface area contributed by atoms with E-state index in [0.717, 1.165) is 11.6 Å². The second-order valence-corrected chi connectivity index (χ2v) is 3.30. The van der Waals surface area contributed by atoms with Crippen molar-refractivity contribution in [2.75, 3.05) is 6.61 Å². The van der Waals surface area contributed by atoms with E-state index in [2.05, 4.69) is 4.99 Å². The number of carboxylic acids is 1. The Kier molecular flexibility index (Phi) is 4.54. The fourth-order valence-electron chi connectivity index (χ4n) is 1.10. The van der Waals surface area contributed by atoms with Gasteiger partial charge >= 0.3 is 5.97 Å². The van der Waals surface area contributed by atoms with Gasteiger partial charge in [-0.05, 0) is 5.56 Å². The fourth-order valence-corrected chi connectivity index (χ4v) is 1.10. The molecular formula is C11H11NO5. The average Bonchev–Trinajstić information content (AvgIpc) is 2.30. The molecule has 0 bridgehead atoms. The molecule has 1 atom stereocenters. The Morgan fingerprint density at radius 1 is 1.41 bits per heavy atom. The largest absolute Gasteiger partial charge is 0.478 e. The lowest BCUT2D eigenvalue weighted by molar-refractivity contribution is -0.164. The van der Waals surface area contributed by atoms with Crippen molar-refractivity contribution in [3.05, 3.63) is 35.9 Å². The summed E-state index contributed by atoms with van der Waals surface area (Å²) >= 11 is 0. The van der Waals surface area contributed by atoms with Gasteiger partial charge in [0.05, 0.1) is 6.61 Å². The van der Waals surface area contributed by atoms with E-state index in [1.807, 2.05) is 6.07 Å². The monoisotopic (exact) mass is 237 g/mol. The van der Waals surface area contributed by atoms with Crippen molar-refractivity contribution < 1.29 is 24.5 Å². The van der Waals surface area contributed by atoms with Crippen LogP contribution in [0.15, 0.2) is 35.3 Å². The van der Waals surface area contributed by atoms with Gasteiger partial charge in [0.2, 0.25) is 6.08 Å². The minimum atomic E-state index is -2.57. The van der Waals surface area contributed by atoms with Crippen LogP contribution in [0.25, 0.3) is 0 Å². The number of rotatable bonds is 6. The third kappa shape index (κ3) is 3.81. The van der Waals surface area contributed by atoms with Gasteiger partial charge in [0.15, 0.2) is 0 Å². The molecule has 1 aromatic carbocycles. The van der Waals surface area contributed by atoms with E-state index in [1.165, 1.54) is 0 Å². The first-order chi connectivity index (χ1) is 8.08. The number of carboxylic acid groups (broad SMARTS) is 1. The lowest BCUT2D eigenvalue weighted by Gasteiger charge is -2.16. The van der Waals surface area contributed by atoms with E-state index in [4.69, 9.17) is 9.84 Å². The van der Waals surface area contributed by atoms with Gasteiger partial charge in [-0.15, -0.1) is 0 Å². The van der Waals surface area contributed by atoms with Crippen molar-refractivity contribution in [3.8, 4) is 0 Å². The normalized spacial score (nSPS) is 13.5. The molecule has 0 radical (unpaired) electrons. The summed E-state index contributed by atoms with van der Waals surface area (Å²) in [5, 5.41) is 18.1. The molecular weight excluding hydrogens is 226 g/mol. The van der Waals surface area contributed by atoms with Crippen LogP contribution in [0.1, 0.15) is 5.56 Å². The van der Waals surface area contributed by atoms with Crippen LogP contribution in [0.3, 0.4) is 0 Å². The van der Waals surface area contributed by atoms with Gasteiger partial charge in [-0.1, -0.05) is 30.3 Å². The van der Waals surface area contributed by atoms with E-state index in [0.29, 0.717) is 0 Å². The van der Waals surface area contributed by atoms with Crippen LogP contribution in [-0.4, -0.2) is 34.6 Å². The Morgan fingerprint density at radius 2 is 2.06 bits per heavy atom. The quantitative estimate of drug-likeness (QED) is 0.548. The number of hydrogen-bond donors (Lipinski definition) is 2. The standard InChI is InChI=1S/C11H11NO5/c13-8-12-11(16,10(14)15)7-17-6-9-4-2-1-3-5-9/h1-5,16H,6-7H2,(H,14,15)/t11-/m1/s1. The maximum Gasteiger partial charge on any atom is 0.362 e. The molecule has 1 aromatic rings. The number of aliphatic carboxylic acids is 1. The summed E-state index contributed by atoms with van der Waals surface area (Å²) in [5.74, 6) is -1.66. The molecule has 1 rings (SSSR count). The molecule has 0 amide bonds. The van der Waals surface area contributed by atoms with Crippen LogP contribution in [0.5, 0.6) is 0 Å². The second-order valence-electron chi connectivity index (χ2n) is 3.30. The van der Waals surface area contributed by atoms with Crippen LogP contribution in [0.2, 0.25) is 0 Å². The van der Waals surface area contributed by atoms with Crippen LogP contribution in [0.4, 0.5) is 0 Å². The summed E-state index contributed by atoms with van der Waals surface area (Å²) in [6.07, 6.45) is 1.00.